The summed E-state index contributed by atoms with van der Waals surface area (Å²) in [6.07, 6.45) is 1.72. The van der Waals surface area contributed by atoms with Gasteiger partial charge < -0.3 is 30.5 Å². The summed E-state index contributed by atoms with van der Waals surface area (Å²) in [4.78, 5) is 22.6. The molecule has 5 N–H and O–H groups in total. The van der Waals surface area contributed by atoms with Crippen LogP contribution < -0.4 is 5.32 Å². The van der Waals surface area contributed by atoms with Crippen LogP contribution in [0.15, 0.2) is 0 Å². The van der Waals surface area contributed by atoms with Gasteiger partial charge >= 0.3 is 0 Å². The molecule has 0 bridgehead atoms. The minimum atomic E-state index is -1.71. The minimum Gasteiger partial charge on any atom is -0.394 e. The maximum absolute atomic E-state index is 11.7. The number of hydrogen-bond acceptors (Lipinski definition) is 6. The predicted molar refractivity (Wildman–Crippen MR) is 81.1 cm³/mol. The number of aldehydes is 1. The van der Waals surface area contributed by atoms with E-state index in [0.29, 0.717) is 12.7 Å². The number of hydrogen-bond donors (Lipinski definition) is 5. The van der Waals surface area contributed by atoms with Gasteiger partial charge in [-0.3, -0.25) is 4.79 Å². The summed E-state index contributed by atoms with van der Waals surface area (Å²) in [7, 11) is 0. The molecule has 0 aliphatic rings. The predicted octanol–water partition coefficient (Wildman–Crippen LogP) is -0.504. The van der Waals surface area contributed by atoms with E-state index >= 15 is 0 Å². The number of aliphatic hydroxyl groups excluding tert-OH is 4. The van der Waals surface area contributed by atoms with Gasteiger partial charge in [-0.1, -0.05) is 39.0 Å². The summed E-state index contributed by atoms with van der Waals surface area (Å²) in [5.74, 6) is -0.391. The molecule has 0 saturated carbocycles. The fraction of sp³-hybridized carbons (Fsp3) is 0.867. The van der Waals surface area contributed by atoms with Gasteiger partial charge in [0.15, 0.2) is 0 Å². The van der Waals surface area contributed by atoms with Crippen LogP contribution >= 0.6 is 0 Å². The Kier molecular flexibility index (Phi) is 11.9. The van der Waals surface area contributed by atoms with Crippen molar-refractivity contribution >= 4 is 12.2 Å². The van der Waals surface area contributed by atoms with E-state index < -0.39 is 36.9 Å². The molecule has 0 aromatic rings. The largest absolute Gasteiger partial charge is 0.394 e. The number of aliphatic hydroxyl groups is 4. The van der Waals surface area contributed by atoms with Crippen molar-refractivity contribution in [2.45, 2.75) is 76.2 Å². The highest BCUT2D eigenvalue weighted by atomic mass is 16.4. The molecule has 0 aromatic carbocycles. The van der Waals surface area contributed by atoms with E-state index in [2.05, 4.69) is 12.2 Å². The van der Waals surface area contributed by atoms with Crippen molar-refractivity contribution < 1.29 is 30.0 Å². The second kappa shape index (κ2) is 12.5. The third kappa shape index (κ3) is 8.43. The van der Waals surface area contributed by atoms with Crippen LogP contribution in [0.4, 0.5) is 0 Å². The Morgan fingerprint density at radius 1 is 1.05 bits per heavy atom. The van der Waals surface area contributed by atoms with E-state index in [1.165, 1.54) is 6.42 Å². The van der Waals surface area contributed by atoms with Crippen LogP contribution in [-0.4, -0.2) is 63.6 Å². The zero-order valence-electron chi connectivity index (χ0n) is 13.1. The van der Waals surface area contributed by atoms with Crippen LogP contribution in [0.1, 0.15) is 51.9 Å². The fourth-order valence-electron chi connectivity index (χ4n) is 2.07. The van der Waals surface area contributed by atoms with Crippen LogP contribution in [0.3, 0.4) is 0 Å². The van der Waals surface area contributed by atoms with Crippen LogP contribution in [0.2, 0.25) is 0 Å². The molecule has 0 radical (unpaired) electrons. The molecule has 7 heteroatoms. The average molecular weight is 319 g/mol. The lowest BCUT2D eigenvalue weighted by molar-refractivity contribution is -0.131. The first-order valence-corrected chi connectivity index (χ1v) is 7.87. The summed E-state index contributed by atoms with van der Waals surface area (Å²) in [6, 6.07) is -1.32. The van der Waals surface area contributed by atoms with Crippen LogP contribution in [0.25, 0.3) is 0 Å². The van der Waals surface area contributed by atoms with Gasteiger partial charge in [0.05, 0.1) is 6.61 Å². The van der Waals surface area contributed by atoms with E-state index in [1.807, 2.05) is 0 Å². The molecule has 1 amide bonds. The molecule has 22 heavy (non-hydrogen) atoms. The van der Waals surface area contributed by atoms with Gasteiger partial charge in [0, 0.05) is 6.42 Å². The SMILES string of the molecule is CCCCCCCCC(=O)N[C@@H](C=O)[C@@H](O)[C@H](O)[C@H](O)CO. The number of carbonyl (C=O) groups is 2. The van der Waals surface area contributed by atoms with E-state index in [-0.39, 0.29) is 6.42 Å². The van der Waals surface area contributed by atoms with Crippen molar-refractivity contribution in [1.29, 1.82) is 0 Å². The summed E-state index contributed by atoms with van der Waals surface area (Å²) >= 11 is 0. The minimum absolute atomic E-state index is 0.238. The van der Waals surface area contributed by atoms with E-state index in [4.69, 9.17) is 5.11 Å². The van der Waals surface area contributed by atoms with Crippen LogP contribution in [-0.2, 0) is 9.59 Å². The van der Waals surface area contributed by atoms with E-state index in [0.717, 1.165) is 25.7 Å². The lowest BCUT2D eigenvalue weighted by Crippen LogP contribution is -2.53. The monoisotopic (exact) mass is 319 g/mol. The molecule has 4 atom stereocenters. The molecule has 0 aromatic heterocycles. The Bertz CT molecular complexity index is 312. The Labute approximate surface area is 131 Å². The lowest BCUT2D eigenvalue weighted by atomic mass is 10.0. The summed E-state index contributed by atoms with van der Waals surface area (Å²) in [6.45, 7) is 1.37. The number of unbranched alkanes of at least 4 members (excludes halogenated alkanes) is 5. The van der Waals surface area contributed by atoms with Gasteiger partial charge in [0.2, 0.25) is 5.91 Å². The molecule has 0 spiro atoms. The summed E-state index contributed by atoms with van der Waals surface area (Å²) in [5.41, 5.74) is 0. The third-order valence-electron chi connectivity index (χ3n) is 3.53. The van der Waals surface area contributed by atoms with Crippen molar-refractivity contribution in [3.05, 3.63) is 0 Å². The average Bonchev–Trinajstić information content (AvgIpc) is 2.53. The summed E-state index contributed by atoms with van der Waals surface area (Å²) < 4.78 is 0. The van der Waals surface area contributed by atoms with Crippen LogP contribution in [0, 0.1) is 0 Å². The zero-order valence-corrected chi connectivity index (χ0v) is 13.1. The molecule has 0 aliphatic carbocycles. The molecule has 0 rings (SSSR count). The van der Waals surface area contributed by atoms with Gasteiger partial charge in [0.25, 0.3) is 0 Å². The van der Waals surface area contributed by atoms with Gasteiger partial charge in [0.1, 0.15) is 30.6 Å². The van der Waals surface area contributed by atoms with Gasteiger partial charge in [-0.15, -0.1) is 0 Å². The zero-order chi connectivity index (χ0) is 17.0. The number of rotatable bonds is 13. The molecular formula is C15H29NO6. The van der Waals surface area contributed by atoms with Crippen molar-refractivity contribution in [1.82, 2.24) is 5.32 Å². The van der Waals surface area contributed by atoms with Gasteiger partial charge in [-0.2, -0.15) is 0 Å². The van der Waals surface area contributed by atoms with Crippen molar-refractivity contribution in [2.75, 3.05) is 6.61 Å². The highest BCUT2D eigenvalue weighted by molar-refractivity contribution is 5.79. The number of amides is 1. The quantitative estimate of drug-likeness (QED) is 0.230. The van der Waals surface area contributed by atoms with Crippen molar-refractivity contribution in [3.8, 4) is 0 Å². The first kappa shape index (κ1) is 21.0. The molecule has 0 aliphatic heterocycles. The summed E-state index contributed by atoms with van der Waals surface area (Å²) in [5, 5.41) is 39.5. The Morgan fingerprint density at radius 3 is 2.18 bits per heavy atom. The smallest absolute Gasteiger partial charge is 0.220 e. The number of carbonyl (C=O) groups excluding carboxylic acids is 2. The molecule has 7 nitrogen and oxygen atoms in total. The Hall–Kier alpha value is -1.02. The second-order valence-electron chi connectivity index (χ2n) is 5.48. The van der Waals surface area contributed by atoms with E-state index in [1.54, 1.807) is 0 Å². The third-order valence-corrected chi connectivity index (χ3v) is 3.53. The molecule has 0 heterocycles. The highest BCUT2D eigenvalue weighted by Gasteiger charge is 2.31. The standard InChI is InChI=1S/C15H29NO6/c1-2-3-4-5-6-7-8-13(20)16-11(9-17)14(21)15(22)12(19)10-18/h9,11-12,14-15,18-19,21-22H,2-8,10H2,1H3,(H,16,20)/t11-,12+,14+,15+/m0/s1. The Morgan fingerprint density at radius 2 is 1.64 bits per heavy atom. The number of nitrogens with one attached hydrogen (secondary N) is 1. The first-order chi connectivity index (χ1) is 10.5. The topological polar surface area (TPSA) is 127 Å². The van der Waals surface area contributed by atoms with Crippen molar-refractivity contribution in [3.63, 3.8) is 0 Å². The molecule has 0 saturated heterocycles. The van der Waals surface area contributed by atoms with Crippen LogP contribution in [0.5, 0.6) is 0 Å². The van der Waals surface area contributed by atoms with Gasteiger partial charge in [-0.05, 0) is 6.42 Å². The lowest BCUT2D eigenvalue weighted by Gasteiger charge is -2.26. The van der Waals surface area contributed by atoms with E-state index in [9.17, 15) is 24.9 Å². The Balaban J connectivity index is 4.10. The molecule has 0 fully saturated rings. The fourth-order valence-corrected chi connectivity index (χ4v) is 2.07. The molecule has 130 valence electrons. The first-order valence-electron chi connectivity index (χ1n) is 7.87. The molecular weight excluding hydrogens is 290 g/mol. The normalized spacial score (nSPS) is 16.6. The van der Waals surface area contributed by atoms with Gasteiger partial charge in [-0.25, -0.2) is 0 Å². The highest BCUT2D eigenvalue weighted by Crippen LogP contribution is 2.08. The second-order valence-corrected chi connectivity index (χ2v) is 5.48. The molecule has 0 unspecified atom stereocenters. The maximum atomic E-state index is 11.7. The van der Waals surface area contributed by atoms with Crippen molar-refractivity contribution in [2.24, 2.45) is 0 Å². The maximum Gasteiger partial charge on any atom is 0.220 e.